The molecule has 1 aromatic rings. The first kappa shape index (κ1) is 17.0. The fourth-order valence-electron chi connectivity index (χ4n) is 1.81. The number of hydrogen-bond acceptors (Lipinski definition) is 4. The zero-order chi connectivity index (χ0) is 16.7. The van der Waals surface area contributed by atoms with Gasteiger partial charge in [-0.25, -0.2) is 17.7 Å². The number of aliphatic imine (C=N–C) groups is 1. The molecule has 122 valence electrons. The molecule has 11 heteroatoms. The van der Waals surface area contributed by atoms with E-state index in [1.54, 1.807) is 7.05 Å². The zero-order valence-corrected chi connectivity index (χ0v) is 13.9. The van der Waals surface area contributed by atoms with Gasteiger partial charge in [0, 0.05) is 19.5 Å². The van der Waals surface area contributed by atoms with Crippen molar-refractivity contribution in [1.29, 1.82) is 0 Å². The monoisotopic (exact) mass is 400 g/mol. The number of imidazole rings is 1. The number of sulfonamides is 1. The van der Waals surface area contributed by atoms with Crippen molar-refractivity contribution in [3.63, 3.8) is 0 Å². The lowest BCUT2D eigenvalue weighted by molar-refractivity contribution is -0.0868. The molecule has 1 aliphatic heterocycles. The average Bonchev–Trinajstić information content (AvgIpc) is 2.77. The van der Waals surface area contributed by atoms with Crippen molar-refractivity contribution < 1.29 is 21.6 Å². The fraction of sp³-hybridized carbons (Fsp3) is 0.455. The largest absolute Gasteiger partial charge is 0.419 e. The summed E-state index contributed by atoms with van der Waals surface area (Å²) < 4.78 is 65.3. The Balaban J connectivity index is 2.54. The van der Waals surface area contributed by atoms with Gasteiger partial charge in [0.05, 0.1) is 17.5 Å². The molecule has 0 saturated carbocycles. The Morgan fingerprint density at radius 1 is 1.41 bits per heavy atom. The molecule has 6 nitrogen and oxygen atoms in total. The predicted molar refractivity (Wildman–Crippen MR) is 77.6 cm³/mol. The van der Waals surface area contributed by atoms with Crippen LogP contribution in [0.15, 0.2) is 27.6 Å². The van der Waals surface area contributed by atoms with Crippen LogP contribution in [0.5, 0.6) is 0 Å². The van der Waals surface area contributed by atoms with E-state index in [0.717, 1.165) is 0 Å². The molecule has 1 aliphatic rings. The summed E-state index contributed by atoms with van der Waals surface area (Å²) in [5, 5.41) is 0. The van der Waals surface area contributed by atoms with E-state index in [4.69, 9.17) is 0 Å². The summed E-state index contributed by atoms with van der Waals surface area (Å²) in [7, 11) is -2.35. The Morgan fingerprint density at radius 3 is 2.50 bits per heavy atom. The highest BCUT2D eigenvalue weighted by Crippen LogP contribution is 2.34. The van der Waals surface area contributed by atoms with E-state index in [1.165, 1.54) is 17.7 Å². The second kappa shape index (κ2) is 5.69. The maximum absolute atomic E-state index is 12.8. The summed E-state index contributed by atoms with van der Waals surface area (Å²) in [6.45, 7) is 1.35. The third kappa shape index (κ3) is 3.05. The van der Waals surface area contributed by atoms with E-state index in [0.29, 0.717) is 21.3 Å². The van der Waals surface area contributed by atoms with Gasteiger partial charge in [-0.15, -0.1) is 0 Å². The van der Waals surface area contributed by atoms with E-state index in [1.807, 2.05) is 0 Å². The van der Waals surface area contributed by atoms with Crippen LogP contribution in [0.4, 0.5) is 13.2 Å². The topological polar surface area (TPSA) is 67.6 Å². The number of allylic oxidation sites excluding steroid dienone is 1. The van der Waals surface area contributed by atoms with Crippen molar-refractivity contribution in [2.75, 3.05) is 5.75 Å². The molecule has 1 unspecified atom stereocenters. The van der Waals surface area contributed by atoms with Crippen molar-refractivity contribution in [3.8, 4) is 0 Å². The van der Waals surface area contributed by atoms with Gasteiger partial charge in [-0.05, 0) is 22.9 Å². The lowest BCUT2D eigenvalue weighted by Crippen LogP contribution is -2.36. The summed E-state index contributed by atoms with van der Waals surface area (Å²) in [4.78, 5) is 7.76. The van der Waals surface area contributed by atoms with Gasteiger partial charge in [0.1, 0.15) is 4.60 Å². The highest BCUT2D eigenvalue weighted by Gasteiger charge is 2.40. The number of aromatic nitrogens is 2. The standard InChI is InChI=1S/C11H12BrF3N4O2S/c1-3-22(20,21)19-6-7(11(13,14)15)4-16-10(19)9-17-5-8(12)18(9)2/h4-6,10H,3H2,1-2H3. The van der Waals surface area contributed by atoms with Crippen molar-refractivity contribution in [3.05, 3.63) is 28.4 Å². The summed E-state index contributed by atoms with van der Waals surface area (Å²) in [6, 6.07) is 0. The van der Waals surface area contributed by atoms with E-state index in [2.05, 4.69) is 25.9 Å². The Morgan fingerprint density at radius 2 is 2.05 bits per heavy atom. The van der Waals surface area contributed by atoms with Crippen LogP contribution in [0.1, 0.15) is 18.9 Å². The number of hydrogen-bond donors (Lipinski definition) is 0. The summed E-state index contributed by atoms with van der Waals surface area (Å²) in [6.07, 6.45) is -3.26. The van der Waals surface area contributed by atoms with Crippen molar-refractivity contribution >= 4 is 32.2 Å². The molecule has 0 saturated heterocycles. The molecule has 0 aliphatic carbocycles. The highest BCUT2D eigenvalue weighted by atomic mass is 79.9. The van der Waals surface area contributed by atoms with Crippen molar-refractivity contribution in [2.24, 2.45) is 12.0 Å². The maximum Gasteiger partial charge on any atom is 0.419 e. The predicted octanol–water partition coefficient (Wildman–Crippen LogP) is 2.36. The van der Waals surface area contributed by atoms with Crippen LogP contribution < -0.4 is 0 Å². The Kier molecular flexibility index (Phi) is 4.39. The summed E-state index contributed by atoms with van der Waals surface area (Å²) >= 11 is 3.20. The highest BCUT2D eigenvalue weighted by molar-refractivity contribution is 9.10. The number of nitrogens with zero attached hydrogens (tertiary/aromatic N) is 4. The Labute approximate surface area is 133 Å². The molecule has 0 amide bonds. The van der Waals surface area contributed by atoms with Crippen LogP contribution in [0.3, 0.4) is 0 Å². The normalized spacial score (nSPS) is 19.5. The van der Waals surface area contributed by atoms with E-state index >= 15 is 0 Å². The number of rotatable bonds is 3. The Bertz CT molecular complexity index is 739. The van der Waals surface area contributed by atoms with Gasteiger partial charge < -0.3 is 4.57 Å². The quantitative estimate of drug-likeness (QED) is 0.781. The smallest absolute Gasteiger partial charge is 0.322 e. The number of halogens is 4. The second-order valence-corrected chi connectivity index (χ2v) is 7.44. The first-order valence-electron chi connectivity index (χ1n) is 6.08. The lowest BCUT2D eigenvalue weighted by Gasteiger charge is -2.30. The van der Waals surface area contributed by atoms with Gasteiger partial charge in [0.2, 0.25) is 10.0 Å². The van der Waals surface area contributed by atoms with E-state index in [9.17, 15) is 21.6 Å². The molecule has 1 aromatic heterocycles. The molecule has 2 rings (SSSR count). The molecule has 0 bridgehead atoms. The SMILES string of the molecule is CCS(=O)(=O)N1C=C(C(F)(F)F)C=NC1c1ncc(Br)n1C. The number of alkyl halides is 3. The third-order valence-corrected chi connectivity index (χ3v) is 5.49. The molecule has 0 fully saturated rings. The van der Waals surface area contributed by atoms with Crippen LogP contribution >= 0.6 is 15.9 Å². The Hall–Kier alpha value is -1.36. The molecule has 0 aromatic carbocycles. The van der Waals surface area contributed by atoms with Gasteiger partial charge in [0.15, 0.2) is 12.0 Å². The lowest BCUT2D eigenvalue weighted by atomic mass is 10.2. The fourth-order valence-corrected chi connectivity index (χ4v) is 3.12. The van der Waals surface area contributed by atoms with E-state index < -0.39 is 27.9 Å². The first-order valence-corrected chi connectivity index (χ1v) is 8.48. The first-order chi connectivity index (χ1) is 10.1. The van der Waals surface area contributed by atoms with Gasteiger partial charge in [-0.3, -0.25) is 4.99 Å². The molecule has 22 heavy (non-hydrogen) atoms. The minimum atomic E-state index is -4.68. The van der Waals surface area contributed by atoms with Crippen LogP contribution in [-0.2, 0) is 17.1 Å². The van der Waals surface area contributed by atoms with Gasteiger partial charge in [-0.2, -0.15) is 13.2 Å². The van der Waals surface area contributed by atoms with E-state index in [-0.39, 0.29) is 11.6 Å². The van der Waals surface area contributed by atoms with Crippen LogP contribution in [0.2, 0.25) is 0 Å². The third-order valence-electron chi connectivity index (χ3n) is 3.07. The van der Waals surface area contributed by atoms with Crippen molar-refractivity contribution in [1.82, 2.24) is 13.9 Å². The van der Waals surface area contributed by atoms with Crippen LogP contribution in [-0.4, -0.2) is 40.4 Å². The maximum atomic E-state index is 12.8. The summed E-state index contributed by atoms with van der Waals surface area (Å²) in [5.74, 6) is -0.149. The molecule has 0 spiro atoms. The zero-order valence-electron chi connectivity index (χ0n) is 11.5. The molecule has 0 radical (unpaired) electrons. The summed E-state index contributed by atoms with van der Waals surface area (Å²) in [5.41, 5.74) is -1.13. The average molecular weight is 401 g/mol. The van der Waals surface area contributed by atoms with Crippen LogP contribution in [0.25, 0.3) is 0 Å². The van der Waals surface area contributed by atoms with Crippen LogP contribution in [0, 0.1) is 0 Å². The van der Waals surface area contributed by atoms with Crippen molar-refractivity contribution in [2.45, 2.75) is 19.3 Å². The molecular weight excluding hydrogens is 389 g/mol. The molecule has 2 heterocycles. The minimum Gasteiger partial charge on any atom is -0.322 e. The minimum absolute atomic E-state index is 0.206. The molecule has 1 atom stereocenters. The second-order valence-electron chi connectivity index (χ2n) is 4.46. The van der Waals surface area contributed by atoms with Gasteiger partial charge in [0.25, 0.3) is 0 Å². The molecular formula is C11H12BrF3N4O2S. The molecule has 0 N–H and O–H groups in total. The van der Waals surface area contributed by atoms with Gasteiger partial charge in [-0.1, -0.05) is 0 Å². The van der Waals surface area contributed by atoms with Gasteiger partial charge >= 0.3 is 6.18 Å².